The summed E-state index contributed by atoms with van der Waals surface area (Å²) in [6, 6.07) is 7.14. The first kappa shape index (κ1) is 15.2. The molecule has 0 aromatic heterocycles. The first-order valence-corrected chi connectivity index (χ1v) is 6.75. The van der Waals surface area contributed by atoms with E-state index in [-0.39, 0.29) is 5.75 Å². The normalized spacial score (nSPS) is 21.4. The molecule has 1 aliphatic heterocycles. The summed E-state index contributed by atoms with van der Waals surface area (Å²) in [5, 5.41) is 0. The third-order valence-electron chi connectivity index (χ3n) is 3.61. The fourth-order valence-electron chi connectivity index (χ4n) is 2.49. The van der Waals surface area contributed by atoms with E-state index in [2.05, 4.69) is 21.6 Å². The monoisotopic (exact) mass is 285 g/mol. The highest BCUT2D eigenvalue weighted by Gasteiger charge is 2.23. The maximum absolute atomic E-state index is 12.1. The maximum atomic E-state index is 12.1. The SMILES string of the molecule is CN1CCN(Cc2ccc(OC(F)F)cc2)C(CN)C1. The van der Waals surface area contributed by atoms with Crippen molar-refractivity contribution >= 4 is 0 Å². The first-order valence-electron chi connectivity index (χ1n) is 6.75. The van der Waals surface area contributed by atoms with Crippen LogP contribution in [-0.4, -0.2) is 55.7 Å². The molecule has 1 atom stereocenters. The first-order chi connectivity index (χ1) is 9.58. The number of nitrogens with zero attached hydrogens (tertiary/aromatic N) is 2. The molecule has 1 fully saturated rings. The van der Waals surface area contributed by atoms with Gasteiger partial charge in [-0.3, -0.25) is 4.90 Å². The van der Waals surface area contributed by atoms with E-state index in [9.17, 15) is 8.78 Å². The Morgan fingerprint density at radius 1 is 1.30 bits per heavy atom. The van der Waals surface area contributed by atoms with E-state index in [0.717, 1.165) is 31.7 Å². The van der Waals surface area contributed by atoms with Gasteiger partial charge < -0.3 is 15.4 Å². The van der Waals surface area contributed by atoms with E-state index in [0.29, 0.717) is 12.6 Å². The van der Waals surface area contributed by atoms with Crippen LogP contribution in [0.4, 0.5) is 8.78 Å². The minimum absolute atomic E-state index is 0.192. The minimum atomic E-state index is -2.78. The molecule has 0 saturated carbocycles. The van der Waals surface area contributed by atoms with Gasteiger partial charge in [0.1, 0.15) is 5.75 Å². The number of ether oxygens (including phenoxy) is 1. The molecule has 0 spiro atoms. The summed E-state index contributed by atoms with van der Waals surface area (Å²) in [5.74, 6) is 0.192. The number of hydrogen-bond acceptors (Lipinski definition) is 4. The number of benzene rings is 1. The highest BCUT2D eigenvalue weighted by molar-refractivity contribution is 5.27. The Kier molecular flexibility index (Phi) is 5.28. The van der Waals surface area contributed by atoms with Crippen molar-refractivity contribution < 1.29 is 13.5 Å². The van der Waals surface area contributed by atoms with Crippen molar-refractivity contribution in [3.05, 3.63) is 29.8 Å². The Morgan fingerprint density at radius 2 is 2.00 bits per heavy atom. The lowest BCUT2D eigenvalue weighted by molar-refractivity contribution is -0.0498. The minimum Gasteiger partial charge on any atom is -0.435 e. The number of piperazine rings is 1. The Morgan fingerprint density at radius 3 is 2.60 bits per heavy atom. The largest absolute Gasteiger partial charge is 0.435 e. The van der Waals surface area contributed by atoms with Crippen LogP contribution in [0.25, 0.3) is 0 Å². The molecule has 0 aliphatic carbocycles. The van der Waals surface area contributed by atoms with Crippen molar-refractivity contribution in [3.8, 4) is 5.75 Å². The molecule has 1 unspecified atom stereocenters. The summed E-state index contributed by atoms with van der Waals surface area (Å²) in [6.07, 6.45) is 0. The molecular formula is C14H21F2N3O. The van der Waals surface area contributed by atoms with Crippen molar-refractivity contribution in [3.63, 3.8) is 0 Å². The van der Waals surface area contributed by atoms with Crippen LogP contribution in [0, 0.1) is 0 Å². The van der Waals surface area contributed by atoms with Gasteiger partial charge in [-0.2, -0.15) is 8.78 Å². The van der Waals surface area contributed by atoms with E-state index in [4.69, 9.17) is 5.73 Å². The van der Waals surface area contributed by atoms with Crippen LogP contribution in [0.5, 0.6) is 5.75 Å². The Bertz CT molecular complexity index is 413. The lowest BCUT2D eigenvalue weighted by Gasteiger charge is -2.39. The average Bonchev–Trinajstić information content (AvgIpc) is 2.42. The molecule has 1 aliphatic rings. The molecular weight excluding hydrogens is 264 g/mol. The molecule has 1 heterocycles. The average molecular weight is 285 g/mol. The second-order valence-corrected chi connectivity index (χ2v) is 5.14. The lowest BCUT2D eigenvalue weighted by Crippen LogP contribution is -2.54. The van der Waals surface area contributed by atoms with Gasteiger partial charge in [0.15, 0.2) is 0 Å². The van der Waals surface area contributed by atoms with Crippen LogP contribution in [-0.2, 0) is 6.54 Å². The molecule has 6 heteroatoms. The summed E-state index contributed by atoms with van der Waals surface area (Å²) in [4.78, 5) is 4.61. The second-order valence-electron chi connectivity index (χ2n) is 5.14. The summed E-state index contributed by atoms with van der Waals surface area (Å²) in [5.41, 5.74) is 6.90. The molecule has 0 bridgehead atoms. The zero-order chi connectivity index (χ0) is 14.5. The fraction of sp³-hybridized carbons (Fsp3) is 0.571. The topological polar surface area (TPSA) is 41.7 Å². The number of halogens is 2. The lowest BCUT2D eigenvalue weighted by atomic mass is 10.1. The number of nitrogens with two attached hydrogens (primary N) is 1. The van der Waals surface area contributed by atoms with E-state index in [1.54, 1.807) is 12.1 Å². The summed E-state index contributed by atoms with van der Waals surface area (Å²) in [7, 11) is 2.09. The van der Waals surface area contributed by atoms with Gasteiger partial charge in [-0.15, -0.1) is 0 Å². The third-order valence-corrected chi connectivity index (χ3v) is 3.61. The van der Waals surface area contributed by atoms with Crippen LogP contribution < -0.4 is 10.5 Å². The van der Waals surface area contributed by atoms with Crippen LogP contribution in [0.2, 0.25) is 0 Å². The molecule has 1 aromatic carbocycles. The van der Waals surface area contributed by atoms with Crippen molar-refractivity contribution in [1.82, 2.24) is 9.80 Å². The summed E-state index contributed by atoms with van der Waals surface area (Å²) < 4.78 is 28.5. The van der Waals surface area contributed by atoms with Gasteiger partial charge >= 0.3 is 6.61 Å². The van der Waals surface area contributed by atoms with Crippen LogP contribution >= 0.6 is 0 Å². The summed E-state index contributed by atoms with van der Waals surface area (Å²) in [6.45, 7) is 1.57. The number of likely N-dealkylation sites (N-methyl/N-ethyl adjacent to an activating group) is 1. The van der Waals surface area contributed by atoms with E-state index in [1.807, 2.05) is 12.1 Å². The van der Waals surface area contributed by atoms with Crippen molar-refractivity contribution in [1.29, 1.82) is 0 Å². The maximum Gasteiger partial charge on any atom is 0.387 e. The van der Waals surface area contributed by atoms with Gasteiger partial charge in [-0.05, 0) is 24.7 Å². The molecule has 20 heavy (non-hydrogen) atoms. The Hall–Kier alpha value is -1.24. The standard InChI is InChI=1S/C14H21F2N3O/c1-18-6-7-19(12(8-17)10-18)9-11-2-4-13(5-3-11)20-14(15)16/h2-5,12,14H,6-10,17H2,1H3. The smallest absolute Gasteiger partial charge is 0.387 e. The molecule has 2 N–H and O–H groups in total. The summed E-state index contributed by atoms with van der Waals surface area (Å²) >= 11 is 0. The highest BCUT2D eigenvalue weighted by atomic mass is 19.3. The quantitative estimate of drug-likeness (QED) is 0.887. The molecule has 0 radical (unpaired) electrons. The number of alkyl halides is 2. The predicted molar refractivity (Wildman–Crippen MR) is 73.8 cm³/mol. The molecule has 1 aromatic rings. The molecule has 1 saturated heterocycles. The highest BCUT2D eigenvalue weighted by Crippen LogP contribution is 2.18. The predicted octanol–water partition coefficient (Wildman–Crippen LogP) is 1.36. The van der Waals surface area contributed by atoms with Crippen LogP contribution in [0.3, 0.4) is 0 Å². The van der Waals surface area contributed by atoms with Gasteiger partial charge in [0, 0.05) is 38.8 Å². The Labute approximate surface area is 118 Å². The molecule has 2 rings (SSSR count). The number of hydrogen-bond donors (Lipinski definition) is 1. The van der Waals surface area contributed by atoms with Gasteiger partial charge in [-0.1, -0.05) is 12.1 Å². The molecule has 0 amide bonds. The van der Waals surface area contributed by atoms with Crippen LogP contribution in [0.1, 0.15) is 5.56 Å². The van der Waals surface area contributed by atoms with E-state index >= 15 is 0 Å². The fourth-order valence-corrected chi connectivity index (χ4v) is 2.49. The van der Waals surface area contributed by atoms with Gasteiger partial charge in [0.2, 0.25) is 0 Å². The van der Waals surface area contributed by atoms with Gasteiger partial charge in [0.05, 0.1) is 0 Å². The van der Waals surface area contributed by atoms with Gasteiger partial charge in [0.25, 0.3) is 0 Å². The van der Waals surface area contributed by atoms with E-state index in [1.165, 1.54) is 0 Å². The zero-order valence-corrected chi connectivity index (χ0v) is 11.6. The van der Waals surface area contributed by atoms with Gasteiger partial charge in [-0.25, -0.2) is 0 Å². The third kappa shape index (κ3) is 4.13. The van der Waals surface area contributed by atoms with Crippen molar-refractivity contribution in [2.24, 2.45) is 5.73 Å². The van der Waals surface area contributed by atoms with Crippen molar-refractivity contribution in [2.75, 3.05) is 33.2 Å². The second kappa shape index (κ2) is 6.97. The zero-order valence-electron chi connectivity index (χ0n) is 11.6. The molecule has 112 valence electrons. The van der Waals surface area contributed by atoms with Crippen molar-refractivity contribution in [2.45, 2.75) is 19.2 Å². The van der Waals surface area contributed by atoms with E-state index < -0.39 is 6.61 Å². The molecule has 4 nitrogen and oxygen atoms in total. The van der Waals surface area contributed by atoms with Crippen LogP contribution in [0.15, 0.2) is 24.3 Å². The number of rotatable bonds is 5. The Balaban J connectivity index is 1.95.